The van der Waals surface area contributed by atoms with Gasteiger partial charge in [-0.2, -0.15) is 8.42 Å². The molecule has 4 saturated carbocycles. The fourth-order valence-corrected chi connectivity index (χ4v) is 7.49. The molecule has 0 heterocycles. The van der Waals surface area contributed by atoms with Gasteiger partial charge in [0, 0.05) is 17.5 Å². The van der Waals surface area contributed by atoms with Crippen molar-refractivity contribution in [2.45, 2.75) is 36.7 Å². The van der Waals surface area contributed by atoms with E-state index in [2.05, 4.69) is 15.9 Å². The van der Waals surface area contributed by atoms with Crippen molar-refractivity contribution in [2.24, 2.45) is 29.6 Å². The number of rotatable bonds is 5. The molecule has 4 aliphatic carbocycles. The van der Waals surface area contributed by atoms with Crippen LogP contribution in [0.3, 0.4) is 0 Å². The normalized spacial score (nSPS) is 36.5. The van der Waals surface area contributed by atoms with E-state index < -0.39 is 15.0 Å². The Balaban J connectivity index is 1.57. The maximum atomic E-state index is 12.7. The van der Waals surface area contributed by atoms with Crippen LogP contribution in [0.2, 0.25) is 0 Å². The van der Waals surface area contributed by atoms with Crippen LogP contribution in [-0.2, 0) is 14.3 Å². The molecule has 0 spiro atoms. The molecule has 4 aliphatic rings. The molecule has 25 heavy (non-hydrogen) atoms. The van der Waals surface area contributed by atoms with Crippen molar-refractivity contribution in [1.82, 2.24) is 0 Å². The molecular formula is C17H20BrNO5S. The second kappa shape index (κ2) is 6.32. The van der Waals surface area contributed by atoms with Crippen molar-refractivity contribution in [1.29, 1.82) is 0 Å². The Hall–Kier alpha value is -0.990. The predicted octanol–water partition coefficient (Wildman–Crippen LogP) is 3.75. The third-order valence-corrected chi connectivity index (χ3v) is 8.35. The molecule has 5 rings (SSSR count). The second-order valence-corrected chi connectivity index (χ2v) is 9.80. The summed E-state index contributed by atoms with van der Waals surface area (Å²) in [6.07, 6.45) is 4.15. The Bertz CT molecular complexity index is 781. The van der Waals surface area contributed by atoms with Gasteiger partial charge in [-0.15, -0.1) is 0 Å². The quantitative estimate of drug-likeness (QED) is 0.307. The largest absolute Gasteiger partial charge is 0.297 e. The van der Waals surface area contributed by atoms with Crippen LogP contribution in [0, 0.1) is 39.7 Å². The van der Waals surface area contributed by atoms with Gasteiger partial charge in [0.25, 0.3) is 15.8 Å². The zero-order valence-electron chi connectivity index (χ0n) is 13.6. The Morgan fingerprint density at radius 1 is 1.12 bits per heavy atom. The standard InChI is InChI=1S/C17H20BrNO5S/c18-9-16-11-5-10-6-12(8-11)17(15(16)7-10)24-25(22,23)14-3-1-13(2-4-14)19(20)21/h1-4,10-12,15-17H,5-9H2. The van der Waals surface area contributed by atoms with E-state index in [1.165, 1.54) is 30.7 Å². The molecule has 0 aliphatic heterocycles. The van der Waals surface area contributed by atoms with E-state index in [-0.39, 0.29) is 22.6 Å². The zero-order chi connectivity index (χ0) is 17.8. The lowest BCUT2D eigenvalue weighted by atomic mass is 9.51. The highest BCUT2D eigenvalue weighted by molar-refractivity contribution is 9.09. The van der Waals surface area contributed by atoms with Gasteiger partial charge in [-0.3, -0.25) is 14.3 Å². The van der Waals surface area contributed by atoms with Crippen LogP contribution in [0.5, 0.6) is 0 Å². The Morgan fingerprint density at radius 3 is 2.44 bits per heavy atom. The lowest BCUT2D eigenvalue weighted by Crippen LogP contribution is -2.55. The maximum absolute atomic E-state index is 12.7. The summed E-state index contributed by atoms with van der Waals surface area (Å²) in [4.78, 5) is 10.2. The van der Waals surface area contributed by atoms with Gasteiger partial charge >= 0.3 is 0 Å². The molecule has 6 atom stereocenters. The van der Waals surface area contributed by atoms with E-state index in [4.69, 9.17) is 4.18 Å². The number of nitrogens with zero attached hydrogens (tertiary/aromatic N) is 1. The Labute approximate surface area is 155 Å². The number of alkyl halides is 1. The summed E-state index contributed by atoms with van der Waals surface area (Å²) >= 11 is 3.61. The fourth-order valence-electron chi connectivity index (χ4n) is 5.31. The third-order valence-electron chi connectivity index (χ3n) is 6.28. The molecule has 6 unspecified atom stereocenters. The number of nitro benzene ring substituents is 1. The first-order valence-electron chi connectivity index (χ1n) is 8.62. The van der Waals surface area contributed by atoms with Crippen LogP contribution in [0.1, 0.15) is 25.7 Å². The molecular weight excluding hydrogens is 410 g/mol. The number of hydrogen-bond donors (Lipinski definition) is 0. The first kappa shape index (κ1) is 17.4. The number of benzene rings is 1. The van der Waals surface area contributed by atoms with Crippen molar-refractivity contribution >= 4 is 31.7 Å². The molecule has 0 saturated heterocycles. The first-order chi connectivity index (χ1) is 11.9. The Kier molecular flexibility index (Phi) is 4.40. The van der Waals surface area contributed by atoms with E-state index in [0.717, 1.165) is 24.6 Å². The summed E-state index contributed by atoms with van der Waals surface area (Å²) < 4.78 is 31.1. The predicted molar refractivity (Wildman–Crippen MR) is 94.9 cm³/mol. The first-order valence-corrected chi connectivity index (χ1v) is 11.2. The average Bonchev–Trinajstić information content (AvgIpc) is 2.58. The maximum Gasteiger partial charge on any atom is 0.297 e. The topological polar surface area (TPSA) is 86.5 Å². The van der Waals surface area contributed by atoms with Gasteiger partial charge in [0.1, 0.15) is 0 Å². The van der Waals surface area contributed by atoms with Gasteiger partial charge in [0.15, 0.2) is 0 Å². The monoisotopic (exact) mass is 429 g/mol. The van der Waals surface area contributed by atoms with Gasteiger partial charge in [0.05, 0.1) is 15.9 Å². The van der Waals surface area contributed by atoms with Crippen LogP contribution in [0.25, 0.3) is 0 Å². The molecule has 4 fully saturated rings. The van der Waals surface area contributed by atoms with Crippen LogP contribution in [0.4, 0.5) is 5.69 Å². The number of non-ortho nitro benzene ring substituents is 1. The van der Waals surface area contributed by atoms with E-state index >= 15 is 0 Å². The van der Waals surface area contributed by atoms with Gasteiger partial charge in [-0.1, -0.05) is 15.9 Å². The van der Waals surface area contributed by atoms with Crippen LogP contribution in [0.15, 0.2) is 29.2 Å². The summed E-state index contributed by atoms with van der Waals surface area (Å²) in [6, 6.07) is 4.92. The minimum Gasteiger partial charge on any atom is -0.262 e. The number of nitro groups is 1. The van der Waals surface area contributed by atoms with E-state index in [9.17, 15) is 18.5 Å². The van der Waals surface area contributed by atoms with E-state index in [1.54, 1.807) is 0 Å². The lowest BCUT2D eigenvalue weighted by molar-refractivity contribution is -0.384. The molecule has 6 nitrogen and oxygen atoms in total. The van der Waals surface area contributed by atoms with Gasteiger partial charge in [0.2, 0.25) is 0 Å². The number of halogens is 1. The van der Waals surface area contributed by atoms with Crippen molar-refractivity contribution in [2.75, 3.05) is 5.33 Å². The van der Waals surface area contributed by atoms with Crippen molar-refractivity contribution in [3.63, 3.8) is 0 Å². The Morgan fingerprint density at radius 2 is 1.80 bits per heavy atom. The minimum atomic E-state index is -3.92. The summed E-state index contributed by atoms with van der Waals surface area (Å²) in [5.74, 6) is 2.47. The van der Waals surface area contributed by atoms with Crippen molar-refractivity contribution < 1.29 is 17.5 Å². The second-order valence-electron chi connectivity index (χ2n) is 7.58. The summed E-state index contributed by atoms with van der Waals surface area (Å²) in [5.41, 5.74) is -0.132. The summed E-state index contributed by atoms with van der Waals surface area (Å²) in [7, 11) is -3.92. The minimum absolute atomic E-state index is 0.0118. The summed E-state index contributed by atoms with van der Waals surface area (Å²) in [5, 5.41) is 11.6. The van der Waals surface area contributed by atoms with Gasteiger partial charge in [-0.05, 0) is 67.4 Å². The van der Waals surface area contributed by atoms with Gasteiger partial charge < -0.3 is 0 Å². The molecule has 8 heteroatoms. The lowest BCUT2D eigenvalue weighted by Gasteiger charge is -2.57. The average molecular weight is 430 g/mol. The SMILES string of the molecule is O=[N+]([O-])c1ccc(S(=O)(=O)OC2C3CC4CC(C3)C(CBr)C2C4)cc1. The molecule has 0 radical (unpaired) electrons. The molecule has 0 N–H and O–H groups in total. The molecule has 1 aromatic rings. The van der Waals surface area contributed by atoms with Crippen LogP contribution in [-0.4, -0.2) is 24.8 Å². The number of hydrogen-bond acceptors (Lipinski definition) is 5. The molecule has 136 valence electrons. The van der Waals surface area contributed by atoms with E-state index in [1.807, 2.05) is 0 Å². The van der Waals surface area contributed by atoms with Crippen LogP contribution >= 0.6 is 15.9 Å². The summed E-state index contributed by atoms with van der Waals surface area (Å²) in [6.45, 7) is 0. The van der Waals surface area contributed by atoms with Crippen molar-refractivity contribution in [3.05, 3.63) is 34.4 Å². The molecule has 0 aromatic heterocycles. The molecule has 0 amide bonds. The molecule has 4 bridgehead atoms. The fraction of sp³-hybridized carbons (Fsp3) is 0.647. The van der Waals surface area contributed by atoms with Crippen LogP contribution < -0.4 is 0 Å². The van der Waals surface area contributed by atoms with E-state index in [0.29, 0.717) is 23.7 Å². The third kappa shape index (κ3) is 3.02. The highest BCUT2D eigenvalue weighted by Crippen LogP contribution is 2.58. The zero-order valence-corrected chi connectivity index (χ0v) is 16.0. The highest BCUT2D eigenvalue weighted by Gasteiger charge is 2.54. The molecule has 1 aromatic carbocycles. The highest BCUT2D eigenvalue weighted by atomic mass is 79.9. The smallest absolute Gasteiger partial charge is 0.262 e. The van der Waals surface area contributed by atoms with Gasteiger partial charge in [-0.25, -0.2) is 0 Å². The van der Waals surface area contributed by atoms with Crippen molar-refractivity contribution in [3.8, 4) is 0 Å².